The Balaban J connectivity index is 4.02. The van der Waals surface area contributed by atoms with E-state index in [4.69, 9.17) is 19.5 Å². The highest BCUT2D eigenvalue weighted by Gasteiger charge is 2.49. The maximum Gasteiger partial charge on any atom is 0.492 e. The molecular formula is C6H13F3O4Si. The Labute approximate surface area is 80.0 Å². The van der Waals surface area contributed by atoms with E-state index in [2.05, 4.69) is 0 Å². The number of halogens is 3. The molecule has 4 nitrogen and oxygen atoms in total. The van der Waals surface area contributed by atoms with Crippen LogP contribution >= 0.6 is 0 Å². The van der Waals surface area contributed by atoms with E-state index in [0.717, 1.165) is 0 Å². The second-order valence-electron chi connectivity index (χ2n) is 3.40. The Morgan fingerprint density at radius 1 is 1.14 bits per heavy atom. The van der Waals surface area contributed by atoms with Gasteiger partial charge in [0.05, 0.1) is 0 Å². The van der Waals surface area contributed by atoms with Crippen molar-refractivity contribution >= 4 is 8.80 Å². The second-order valence-corrected chi connectivity index (χ2v) is 5.45. The highest BCUT2D eigenvalue weighted by Crippen LogP contribution is 2.34. The van der Waals surface area contributed by atoms with E-state index in [-0.39, 0.29) is 6.42 Å². The third kappa shape index (κ3) is 4.91. The van der Waals surface area contributed by atoms with Crippen molar-refractivity contribution in [2.75, 3.05) is 0 Å². The van der Waals surface area contributed by atoms with Crippen LogP contribution in [0.3, 0.4) is 0 Å². The number of aliphatic hydroxyl groups is 1. The number of alkyl halides is 3. The standard InChI is InChI=1S/C6H13F3O4Si/c1-5(10,6(7,8)9)3-2-4-14(11,12)13/h10-13H,2-4H2,1H3. The van der Waals surface area contributed by atoms with Gasteiger partial charge in [0.15, 0.2) is 5.60 Å². The Kier molecular flexibility index (Phi) is 4.10. The van der Waals surface area contributed by atoms with Crippen LogP contribution in [0.5, 0.6) is 0 Å². The molecule has 0 heterocycles. The van der Waals surface area contributed by atoms with Gasteiger partial charge in [0, 0.05) is 6.04 Å². The van der Waals surface area contributed by atoms with Gasteiger partial charge in [0.1, 0.15) is 0 Å². The molecule has 0 aromatic rings. The summed E-state index contributed by atoms with van der Waals surface area (Å²) in [5.74, 6) is 0. The molecule has 1 unspecified atom stereocenters. The molecular weight excluding hydrogens is 221 g/mol. The first-order valence-electron chi connectivity index (χ1n) is 3.92. The lowest BCUT2D eigenvalue weighted by Crippen LogP contribution is -2.43. The largest absolute Gasteiger partial charge is 0.492 e. The molecule has 0 aromatic heterocycles. The van der Waals surface area contributed by atoms with Gasteiger partial charge in [-0.2, -0.15) is 13.2 Å². The topological polar surface area (TPSA) is 80.9 Å². The van der Waals surface area contributed by atoms with Crippen molar-refractivity contribution in [3.8, 4) is 0 Å². The third-order valence-electron chi connectivity index (χ3n) is 1.79. The van der Waals surface area contributed by atoms with Gasteiger partial charge in [0.25, 0.3) is 0 Å². The maximum atomic E-state index is 12.0. The van der Waals surface area contributed by atoms with Gasteiger partial charge in [-0.1, -0.05) is 0 Å². The van der Waals surface area contributed by atoms with E-state index in [9.17, 15) is 13.2 Å². The minimum Gasteiger partial charge on any atom is -0.390 e. The summed E-state index contributed by atoms with van der Waals surface area (Å²) in [6.45, 7) is 0.600. The van der Waals surface area contributed by atoms with Crippen LogP contribution in [-0.4, -0.2) is 40.1 Å². The van der Waals surface area contributed by atoms with Gasteiger partial charge < -0.3 is 19.5 Å². The van der Waals surface area contributed by atoms with Crippen molar-refractivity contribution in [2.45, 2.75) is 37.6 Å². The molecule has 0 fully saturated rings. The Hall–Kier alpha value is -0.153. The van der Waals surface area contributed by atoms with Crippen molar-refractivity contribution in [3.63, 3.8) is 0 Å². The zero-order chi connectivity index (χ0) is 11.6. The van der Waals surface area contributed by atoms with Crippen LogP contribution in [0.2, 0.25) is 6.04 Å². The summed E-state index contributed by atoms with van der Waals surface area (Å²) in [6, 6.07) is -0.515. The zero-order valence-corrected chi connectivity index (χ0v) is 8.54. The molecule has 86 valence electrons. The minimum atomic E-state index is -4.75. The molecule has 0 aromatic carbocycles. The molecule has 0 radical (unpaired) electrons. The van der Waals surface area contributed by atoms with Gasteiger partial charge in [-0.15, -0.1) is 0 Å². The highest BCUT2D eigenvalue weighted by molar-refractivity contribution is 6.56. The van der Waals surface area contributed by atoms with Crippen molar-refractivity contribution in [1.29, 1.82) is 0 Å². The van der Waals surface area contributed by atoms with Gasteiger partial charge in [0.2, 0.25) is 0 Å². The fraction of sp³-hybridized carbons (Fsp3) is 1.00. The van der Waals surface area contributed by atoms with Crippen LogP contribution in [0.4, 0.5) is 13.2 Å². The molecule has 1 atom stereocenters. The van der Waals surface area contributed by atoms with Crippen molar-refractivity contribution in [3.05, 3.63) is 0 Å². The van der Waals surface area contributed by atoms with Crippen LogP contribution in [0.25, 0.3) is 0 Å². The smallest absolute Gasteiger partial charge is 0.390 e. The summed E-state index contributed by atoms with van der Waals surface area (Å²) in [7, 11) is -4.29. The lowest BCUT2D eigenvalue weighted by molar-refractivity contribution is -0.255. The Bertz CT molecular complexity index is 186. The Morgan fingerprint density at radius 3 is 1.86 bits per heavy atom. The molecule has 0 rings (SSSR count). The predicted molar refractivity (Wildman–Crippen MR) is 43.1 cm³/mol. The second kappa shape index (κ2) is 4.15. The van der Waals surface area contributed by atoms with Gasteiger partial charge in [-0.3, -0.25) is 0 Å². The monoisotopic (exact) mass is 234 g/mol. The molecule has 14 heavy (non-hydrogen) atoms. The summed E-state index contributed by atoms with van der Waals surface area (Å²) in [5.41, 5.74) is -2.85. The van der Waals surface area contributed by atoms with Crippen LogP contribution in [0.1, 0.15) is 19.8 Å². The molecule has 4 N–H and O–H groups in total. The molecule has 0 aliphatic rings. The van der Waals surface area contributed by atoms with Crippen molar-refractivity contribution in [1.82, 2.24) is 0 Å². The molecule has 0 aliphatic heterocycles. The Morgan fingerprint density at radius 2 is 1.57 bits per heavy atom. The first-order valence-corrected chi connectivity index (χ1v) is 5.97. The van der Waals surface area contributed by atoms with E-state index in [1.54, 1.807) is 0 Å². The molecule has 0 saturated heterocycles. The molecule has 0 aliphatic carbocycles. The number of hydrogen-bond donors (Lipinski definition) is 4. The van der Waals surface area contributed by atoms with Gasteiger partial charge in [-0.25, -0.2) is 0 Å². The number of hydrogen-bond acceptors (Lipinski definition) is 4. The predicted octanol–water partition coefficient (Wildman–Crippen LogP) is -0.00430. The van der Waals surface area contributed by atoms with E-state index < -0.39 is 33.0 Å². The normalized spacial score (nSPS) is 18.0. The first-order chi connectivity index (χ1) is 5.96. The highest BCUT2D eigenvalue weighted by atomic mass is 28.4. The summed E-state index contributed by atoms with van der Waals surface area (Å²) < 4.78 is 36.1. The summed E-state index contributed by atoms with van der Waals surface area (Å²) >= 11 is 0. The summed E-state index contributed by atoms with van der Waals surface area (Å²) in [6.07, 6.45) is -5.73. The van der Waals surface area contributed by atoms with Crippen LogP contribution < -0.4 is 0 Å². The minimum absolute atomic E-state index is 0.303. The summed E-state index contributed by atoms with van der Waals surface area (Å²) in [4.78, 5) is 25.5. The van der Waals surface area contributed by atoms with E-state index >= 15 is 0 Å². The van der Waals surface area contributed by atoms with Crippen LogP contribution in [0, 0.1) is 0 Å². The van der Waals surface area contributed by atoms with Gasteiger partial charge >= 0.3 is 15.0 Å². The number of rotatable bonds is 4. The fourth-order valence-corrected chi connectivity index (χ4v) is 1.46. The van der Waals surface area contributed by atoms with Gasteiger partial charge in [-0.05, 0) is 19.8 Å². The van der Waals surface area contributed by atoms with Crippen molar-refractivity contribution < 1.29 is 32.7 Å². The SMILES string of the molecule is CC(O)(CCC[Si](O)(O)O)C(F)(F)F. The first kappa shape index (κ1) is 13.8. The molecule has 8 heteroatoms. The average Bonchev–Trinajstić information content (AvgIpc) is 1.80. The molecule has 0 saturated carbocycles. The third-order valence-corrected chi connectivity index (χ3v) is 2.81. The van der Waals surface area contributed by atoms with Crippen LogP contribution in [-0.2, 0) is 0 Å². The maximum absolute atomic E-state index is 12.0. The van der Waals surface area contributed by atoms with E-state index in [1.807, 2.05) is 0 Å². The van der Waals surface area contributed by atoms with Crippen molar-refractivity contribution in [2.24, 2.45) is 0 Å². The lowest BCUT2D eigenvalue weighted by Gasteiger charge is -2.26. The molecule has 0 amide bonds. The fourth-order valence-electron chi connectivity index (χ4n) is 0.812. The molecule has 0 bridgehead atoms. The molecule has 0 spiro atoms. The zero-order valence-electron chi connectivity index (χ0n) is 7.54. The van der Waals surface area contributed by atoms with Crippen LogP contribution in [0.15, 0.2) is 0 Å². The quantitative estimate of drug-likeness (QED) is 0.516. The lowest BCUT2D eigenvalue weighted by atomic mass is 10.0. The average molecular weight is 234 g/mol. The van der Waals surface area contributed by atoms with E-state index in [0.29, 0.717) is 6.92 Å². The summed E-state index contributed by atoms with van der Waals surface area (Å²) in [5, 5.41) is 8.89. The van der Waals surface area contributed by atoms with E-state index in [1.165, 1.54) is 0 Å².